The molecule has 1 aromatic rings. The van der Waals surface area contributed by atoms with Gasteiger partial charge in [-0.1, -0.05) is 0 Å². The molecule has 0 aliphatic carbocycles. The summed E-state index contributed by atoms with van der Waals surface area (Å²) in [5, 5.41) is 0. The van der Waals surface area contributed by atoms with E-state index in [1.165, 1.54) is 0 Å². The summed E-state index contributed by atoms with van der Waals surface area (Å²) >= 11 is 1.93. The number of nitrogen functional groups attached to an aromatic ring is 2. The number of nitrogens with zero attached hydrogens (tertiary/aromatic N) is 4. The van der Waals surface area contributed by atoms with E-state index < -0.39 is 0 Å². The molecule has 0 unspecified atom stereocenters. The van der Waals surface area contributed by atoms with Gasteiger partial charge in [-0.2, -0.15) is 26.7 Å². The summed E-state index contributed by atoms with van der Waals surface area (Å²) in [7, 11) is 0. The highest BCUT2D eigenvalue weighted by Crippen LogP contribution is 2.16. The first-order chi connectivity index (χ1) is 6.75. The van der Waals surface area contributed by atoms with Crippen LogP contribution < -0.4 is 16.4 Å². The van der Waals surface area contributed by atoms with Crippen molar-refractivity contribution in [3.63, 3.8) is 0 Å². The number of thioether (sulfide) groups is 1. The lowest BCUT2D eigenvalue weighted by Gasteiger charge is -2.26. The van der Waals surface area contributed by atoms with Crippen LogP contribution in [0.25, 0.3) is 0 Å². The highest BCUT2D eigenvalue weighted by atomic mass is 32.2. The number of hydrogen-bond donors (Lipinski definition) is 2. The predicted molar refractivity (Wildman–Crippen MR) is 58.2 cm³/mol. The standard InChI is InChI=1S/C7H12N6S/c8-5-10-6(9)12-7(11-5)13-1-3-14-4-2-13/h1-4H2,(H4,8,9,10,11,12). The van der Waals surface area contributed by atoms with E-state index in [0.29, 0.717) is 5.95 Å². The first-order valence-electron chi connectivity index (χ1n) is 4.35. The van der Waals surface area contributed by atoms with Crippen LogP contribution in [0.5, 0.6) is 0 Å². The maximum Gasteiger partial charge on any atom is 0.231 e. The molecule has 2 heterocycles. The molecule has 0 spiro atoms. The SMILES string of the molecule is Nc1nc(N)nc(N2CCSCC2)n1. The Kier molecular flexibility index (Phi) is 2.58. The van der Waals surface area contributed by atoms with Crippen LogP contribution in [-0.4, -0.2) is 39.5 Å². The fourth-order valence-corrected chi connectivity index (χ4v) is 2.21. The van der Waals surface area contributed by atoms with Gasteiger partial charge in [0.05, 0.1) is 0 Å². The summed E-state index contributed by atoms with van der Waals surface area (Å²) in [5.41, 5.74) is 11.0. The molecule has 0 saturated carbocycles. The van der Waals surface area contributed by atoms with Gasteiger partial charge in [-0.15, -0.1) is 0 Å². The van der Waals surface area contributed by atoms with Gasteiger partial charge >= 0.3 is 0 Å². The molecule has 0 atom stereocenters. The zero-order chi connectivity index (χ0) is 9.97. The second kappa shape index (κ2) is 3.87. The smallest absolute Gasteiger partial charge is 0.231 e. The number of aromatic nitrogens is 3. The average molecular weight is 212 g/mol. The maximum absolute atomic E-state index is 5.49. The van der Waals surface area contributed by atoms with Crippen molar-refractivity contribution in [1.82, 2.24) is 15.0 Å². The summed E-state index contributed by atoms with van der Waals surface area (Å²) < 4.78 is 0. The molecule has 76 valence electrons. The van der Waals surface area contributed by atoms with Crippen LogP contribution in [0.4, 0.5) is 17.8 Å². The quantitative estimate of drug-likeness (QED) is 0.653. The Morgan fingerprint density at radius 2 is 1.57 bits per heavy atom. The summed E-state index contributed by atoms with van der Waals surface area (Å²) in [4.78, 5) is 13.9. The van der Waals surface area contributed by atoms with Gasteiger partial charge in [-0.05, 0) is 0 Å². The van der Waals surface area contributed by atoms with Gasteiger partial charge in [-0.25, -0.2) is 0 Å². The molecule has 7 heteroatoms. The number of hydrogen-bond acceptors (Lipinski definition) is 7. The third-order valence-electron chi connectivity index (χ3n) is 1.95. The zero-order valence-corrected chi connectivity index (χ0v) is 8.50. The molecule has 1 fully saturated rings. The van der Waals surface area contributed by atoms with Crippen molar-refractivity contribution in [1.29, 1.82) is 0 Å². The molecule has 1 aliphatic heterocycles. The van der Waals surface area contributed by atoms with Gasteiger partial charge in [-0.3, -0.25) is 0 Å². The van der Waals surface area contributed by atoms with Gasteiger partial charge in [0, 0.05) is 24.6 Å². The molecule has 0 bridgehead atoms. The molecular formula is C7H12N6S. The van der Waals surface area contributed by atoms with Crippen molar-refractivity contribution >= 4 is 29.6 Å². The molecule has 1 aromatic heterocycles. The Balaban J connectivity index is 2.21. The fraction of sp³-hybridized carbons (Fsp3) is 0.571. The number of anilines is 3. The highest BCUT2D eigenvalue weighted by Gasteiger charge is 2.14. The Bertz CT molecular complexity index is 304. The summed E-state index contributed by atoms with van der Waals surface area (Å²) in [6.45, 7) is 1.88. The van der Waals surface area contributed by atoms with Crippen LogP contribution in [-0.2, 0) is 0 Å². The van der Waals surface area contributed by atoms with E-state index in [0.717, 1.165) is 24.6 Å². The van der Waals surface area contributed by atoms with Crippen molar-refractivity contribution in [3.8, 4) is 0 Å². The lowest BCUT2D eigenvalue weighted by molar-refractivity contribution is 0.811. The third kappa shape index (κ3) is 1.98. The van der Waals surface area contributed by atoms with E-state index in [1.54, 1.807) is 0 Å². The van der Waals surface area contributed by atoms with Crippen LogP contribution in [0.2, 0.25) is 0 Å². The third-order valence-corrected chi connectivity index (χ3v) is 2.89. The van der Waals surface area contributed by atoms with E-state index in [1.807, 2.05) is 11.8 Å². The van der Waals surface area contributed by atoms with E-state index in [4.69, 9.17) is 11.5 Å². The van der Waals surface area contributed by atoms with Gasteiger partial charge in [0.15, 0.2) is 0 Å². The van der Waals surface area contributed by atoms with Crippen molar-refractivity contribution < 1.29 is 0 Å². The topological polar surface area (TPSA) is 93.9 Å². The Labute approximate surface area is 86.1 Å². The monoisotopic (exact) mass is 212 g/mol. The van der Waals surface area contributed by atoms with Crippen molar-refractivity contribution in [2.75, 3.05) is 41.0 Å². The van der Waals surface area contributed by atoms with E-state index >= 15 is 0 Å². The molecule has 0 radical (unpaired) electrons. The van der Waals surface area contributed by atoms with Crippen molar-refractivity contribution in [3.05, 3.63) is 0 Å². The summed E-state index contributed by atoms with van der Waals surface area (Å²) in [6, 6.07) is 0. The summed E-state index contributed by atoms with van der Waals surface area (Å²) in [6.07, 6.45) is 0. The van der Waals surface area contributed by atoms with Gasteiger partial charge in [0.1, 0.15) is 0 Å². The molecule has 6 nitrogen and oxygen atoms in total. The van der Waals surface area contributed by atoms with Crippen molar-refractivity contribution in [2.45, 2.75) is 0 Å². The first-order valence-corrected chi connectivity index (χ1v) is 5.51. The Morgan fingerprint density at radius 3 is 2.14 bits per heavy atom. The van der Waals surface area contributed by atoms with Crippen LogP contribution in [0.3, 0.4) is 0 Å². The fourth-order valence-electron chi connectivity index (χ4n) is 1.30. The number of nitrogens with two attached hydrogens (primary N) is 2. The lowest BCUT2D eigenvalue weighted by Crippen LogP contribution is -2.34. The minimum Gasteiger partial charge on any atom is -0.368 e. The largest absolute Gasteiger partial charge is 0.368 e. The van der Waals surface area contributed by atoms with E-state index in [2.05, 4.69) is 19.9 Å². The van der Waals surface area contributed by atoms with Crippen molar-refractivity contribution in [2.24, 2.45) is 0 Å². The molecule has 4 N–H and O–H groups in total. The predicted octanol–water partition coefficient (Wildman–Crippen LogP) is -0.411. The minimum absolute atomic E-state index is 0.186. The van der Waals surface area contributed by atoms with E-state index in [9.17, 15) is 0 Å². The molecule has 1 saturated heterocycles. The van der Waals surface area contributed by atoms with Gasteiger partial charge < -0.3 is 16.4 Å². The second-order valence-corrected chi connectivity index (χ2v) is 4.18. The zero-order valence-electron chi connectivity index (χ0n) is 7.68. The molecular weight excluding hydrogens is 200 g/mol. The van der Waals surface area contributed by atoms with Gasteiger partial charge in [0.25, 0.3) is 0 Å². The van der Waals surface area contributed by atoms with Gasteiger partial charge in [0.2, 0.25) is 17.8 Å². The lowest BCUT2D eigenvalue weighted by atomic mass is 10.5. The molecule has 0 amide bonds. The maximum atomic E-state index is 5.49. The number of rotatable bonds is 1. The Morgan fingerprint density at radius 1 is 1.00 bits per heavy atom. The van der Waals surface area contributed by atoms with Crippen LogP contribution in [0.15, 0.2) is 0 Å². The average Bonchev–Trinajstić information content (AvgIpc) is 2.18. The molecule has 0 aromatic carbocycles. The van der Waals surface area contributed by atoms with Crippen LogP contribution in [0.1, 0.15) is 0 Å². The molecule has 2 rings (SSSR count). The van der Waals surface area contributed by atoms with Crippen LogP contribution in [0, 0.1) is 0 Å². The molecule has 1 aliphatic rings. The van der Waals surface area contributed by atoms with Crippen LogP contribution >= 0.6 is 11.8 Å². The highest BCUT2D eigenvalue weighted by molar-refractivity contribution is 7.99. The molecule has 14 heavy (non-hydrogen) atoms. The van der Waals surface area contributed by atoms with E-state index in [-0.39, 0.29) is 11.9 Å². The first kappa shape index (κ1) is 9.32. The normalized spacial score (nSPS) is 17.0. The summed E-state index contributed by atoms with van der Waals surface area (Å²) in [5.74, 6) is 3.14. The Hall–Kier alpha value is -1.24. The second-order valence-electron chi connectivity index (χ2n) is 2.95. The minimum atomic E-state index is 0.186.